The molecule has 0 saturated carbocycles. The first-order valence-corrected chi connectivity index (χ1v) is 6.74. The Balaban J connectivity index is 1.89. The van der Waals surface area contributed by atoms with Crippen LogP contribution in [0.25, 0.3) is 0 Å². The molecule has 0 radical (unpaired) electrons. The topological polar surface area (TPSA) is 72.5 Å². The predicted molar refractivity (Wildman–Crippen MR) is 71.2 cm³/mol. The Morgan fingerprint density at radius 2 is 2.00 bits per heavy atom. The molecule has 0 spiro atoms. The van der Waals surface area contributed by atoms with E-state index in [9.17, 15) is 14.4 Å². The van der Waals surface area contributed by atoms with Gasteiger partial charge in [0.2, 0.25) is 5.91 Å². The lowest BCUT2D eigenvalue weighted by Gasteiger charge is -2.07. The first-order valence-electron chi connectivity index (χ1n) is 5.86. The van der Waals surface area contributed by atoms with Crippen molar-refractivity contribution in [2.45, 2.75) is 18.1 Å². The summed E-state index contributed by atoms with van der Waals surface area (Å²) in [7, 11) is 0. The van der Waals surface area contributed by atoms with Crippen molar-refractivity contribution in [2.24, 2.45) is 0 Å². The van der Waals surface area contributed by atoms with Crippen LogP contribution in [0.15, 0.2) is 24.3 Å². The molecule has 1 unspecified atom stereocenters. The van der Waals surface area contributed by atoms with Crippen LogP contribution in [0.1, 0.15) is 12.0 Å². The van der Waals surface area contributed by atoms with Gasteiger partial charge in [-0.05, 0) is 24.1 Å². The molecule has 0 bridgehead atoms. The number of carbonyl (C=O) groups is 3. The number of amides is 2. The molecule has 1 aliphatic heterocycles. The molecular weight excluding hydrogens is 266 g/mol. The molecule has 2 rings (SSSR count). The Labute approximate surface area is 114 Å². The molecule has 19 heavy (non-hydrogen) atoms. The molecule has 1 N–H and O–H groups in total. The van der Waals surface area contributed by atoms with Crippen LogP contribution in [-0.2, 0) is 16.0 Å². The molecule has 1 saturated heterocycles. The van der Waals surface area contributed by atoms with Gasteiger partial charge in [-0.3, -0.25) is 14.9 Å². The molecule has 5 nitrogen and oxygen atoms in total. The molecule has 6 heteroatoms. The van der Waals surface area contributed by atoms with E-state index in [0.717, 1.165) is 23.6 Å². The van der Waals surface area contributed by atoms with Crippen LogP contribution < -0.4 is 10.1 Å². The van der Waals surface area contributed by atoms with E-state index in [0.29, 0.717) is 25.2 Å². The van der Waals surface area contributed by atoms with Gasteiger partial charge in [-0.25, -0.2) is 0 Å². The molecule has 1 atom stereocenters. The third kappa shape index (κ3) is 3.82. The summed E-state index contributed by atoms with van der Waals surface area (Å²) in [5, 5.41) is 1.62. The highest BCUT2D eigenvalue weighted by molar-refractivity contribution is 8.15. The van der Waals surface area contributed by atoms with Crippen molar-refractivity contribution in [1.82, 2.24) is 5.32 Å². The van der Waals surface area contributed by atoms with E-state index in [2.05, 4.69) is 5.32 Å². The van der Waals surface area contributed by atoms with Gasteiger partial charge in [-0.15, -0.1) is 0 Å². The highest BCUT2D eigenvalue weighted by Crippen LogP contribution is 2.23. The van der Waals surface area contributed by atoms with Crippen LogP contribution in [0.2, 0.25) is 0 Å². The van der Waals surface area contributed by atoms with Crippen molar-refractivity contribution in [3.8, 4) is 5.75 Å². The molecule has 100 valence electrons. The second-order valence-electron chi connectivity index (χ2n) is 4.04. The lowest BCUT2D eigenvalue weighted by atomic mass is 10.1. The Kier molecular flexibility index (Phi) is 4.57. The summed E-state index contributed by atoms with van der Waals surface area (Å²) < 4.78 is 5.34. The van der Waals surface area contributed by atoms with E-state index >= 15 is 0 Å². The zero-order valence-electron chi connectivity index (χ0n) is 10.1. The minimum atomic E-state index is -0.352. The van der Waals surface area contributed by atoms with Gasteiger partial charge in [0.15, 0.2) is 0 Å². The minimum Gasteiger partial charge on any atom is -0.493 e. The number of benzene rings is 1. The van der Waals surface area contributed by atoms with Gasteiger partial charge in [0, 0.05) is 6.42 Å². The number of nitrogens with one attached hydrogen (secondary N) is 1. The van der Waals surface area contributed by atoms with E-state index in [1.165, 1.54) is 0 Å². The second-order valence-corrected chi connectivity index (χ2v) is 5.21. The van der Waals surface area contributed by atoms with Gasteiger partial charge < -0.3 is 9.53 Å². The van der Waals surface area contributed by atoms with Gasteiger partial charge in [0.25, 0.3) is 5.24 Å². The molecular formula is C13H13NO4S. The van der Waals surface area contributed by atoms with Crippen LogP contribution in [0.3, 0.4) is 0 Å². The number of aldehydes is 1. The number of thioether (sulfide) groups is 1. The molecule has 1 aromatic rings. The zero-order valence-corrected chi connectivity index (χ0v) is 10.9. The van der Waals surface area contributed by atoms with Crippen molar-refractivity contribution < 1.29 is 19.1 Å². The Morgan fingerprint density at radius 1 is 1.26 bits per heavy atom. The number of hydrogen-bond donors (Lipinski definition) is 1. The zero-order chi connectivity index (χ0) is 13.7. The third-order valence-electron chi connectivity index (χ3n) is 2.62. The number of hydrogen-bond acceptors (Lipinski definition) is 5. The van der Waals surface area contributed by atoms with E-state index < -0.39 is 0 Å². The highest BCUT2D eigenvalue weighted by atomic mass is 32.2. The first kappa shape index (κ1) is 13.6. The van der Waals surface area contributed by atoms with Crippen molar-refractivity contribution in [3.05, 3.63) is 29.8 Å². The summed E-state index contributed by atoms with van der Waals surface area (Å²) in [5.41, 5.74) is 0.963. The van der Waals surface area contributed by atoms with Crippen LogP contribution in [0.5, 0.6) is 5.75 Å². The van der Waals surface area contributed by atoms with Gasteiger partial charge in [-0.2, -0.15) is 0 Å². The maximum absolute atomic E-state index is 11.4. The van der Waals surface area contributed by atoms with E-state index in [-0.39, 0.29) is 16.4 Å². The van der Waals surface area contributed by atoms with Crippen molar-refractivity contribution in [2.75, 3.05) is 6.61 Å². The Bertz CT molecular complexity index is 486. The maximum atomic E-state index is 11.4. The lowest BCUT2D eigenvalue weighted by Crippen LogP contribution is -2.25. The summed E-state index contributed by atoms with van der Waals surface area (Å²) in [6.07, 6.45) is 1.68. The molecule has 0 aliphatic carbocycles. The van der Waals surface area contributed by atoms with Gasteiger partial charge in [0.1, 0.15) is 12.0 Å². The fourth-order valence-electron chi connectivity index (χ4n) is 1.69. The summed E-state index contributed by atoms with van der Waals surface area (Å²) in [6, 6.07) is 7.29. The van der Waals surface area contributed by atoms with Crippen molar-refractivity contribution >= 4 is 29.2 Å². The average Bonchev–Trinajstić information content (AvgIpc) is 2.70. The maximum Gasteiger partial charge on any atom is 0.286 e. The minimum absolute atomic E-state index is 0.235. The van der Waals surface area contributed by atoms with E-state index in [1.807, 2.05) is 12.1 Å². The standard InChI is InChI=1S/C13H13NO4S/c15-6-1-7-18-10-4-2-9(3-5-10)8-11-12(16)14-13(17)19-11/h2-6,11H,1,7-8H2,(H,14,16,17). The summed E-state index contributed by atoms with van der Waals surface area (Å²) in [4.78, 5) is 32.6. The van der Waals surface area contributed by atoms with Crippen molar-refractivity contribution in [3.63, 3.8) is 0 Å². The van der Waals surface area contributed by atoms with Crippen LogP contribution >= 0.6 is 11.8 Å². The molecule has 1 aliphatic rings. The molecule has 0 aromatic heterocycles. The second kappa shape index (κ2) is 6.38. The number of ether oxygens (including phenoxy) is 1. The van der Waals surface area contributed by atoms with Crippen LogP contribution in [0, 0.1) is 0 Å². The fourth-order valence-corrected chi connectivity index (χ4v) is 2.55. The molecule has 1 aromatic carbocycles. The van der Waals surface area contributed by atoms with Gasteiger partial charge in [0.05, 0.1) is 11.9 Å². The smallest absolute Gasteiger partial charge is 0.286 e. The van der Waals surface area contributed by atoms with Crippen molar-refractivity contribution in [1.29, 1.82) is 0 Å². The lowest BCUT2D eigenvalue weighted by molar-refractivity contribution is -0.119. The first-order chi connectivity index (χ1) is 9.19. The third-order valence-corrected chi connectivity index (χ3v) is 3.60. The Morgan fingerprint density at radius 3 is 2.58 bits per heavy atom. The largest absolute Gasteiger partial charge is 0.493 e. The normalized spacial score (nSPS) is 18.2. The predicted octanol–water partition coefficient (Wildman–Crippen LogP) is 1.55. The number of imide groups is 1. The summed E-state index contributed by atoms with van der Waals surface area (Å²) >= 11 is 1.02. The molecule has 1 fully saturated rings. The SMILES string of the molecule is O=CCCOc1ccc(CC2SC(=O)NC2=O)cc1. The highest BCUT2D eigenvalue weighted by Gasteiger charge is 2.31. The molecule has 2 amide bonds. The van der Waals surface area contributed by atoms with E-state index in [1.54, 1.807) is 12.1 Å². The summed E-state index contributed by atoms with van der Waals surface area (Å²) in [6.45, 7) is 0.359. The van der Waals surface area contributed by atoms with Gasteiger partial charge >= 0.3 is 0 Å². The van der Waals surface area contributed by atoms with Crippen LogP contribution in [-0.4, -0.2) is 29.3 Å². The fraction of sp³-hybridized carbons (Fsp3) is 0.308. The number of carbonyl (C=O) groups excluding carboxylic acids is 3. The molecule has 1 heterocycles. The monoisotopic (exact) mass is 279 g/mol. The average molecular weight is 279 g/mol. The number of rotatable bonds is 6. The summed E-state index contributed by atoms with van der Waals surface area (Å²) in [5.74, 6) is 0.450. The quantitative estimate of drug-likeness (QED) is 0.632. The van der Waals surface area contributed by atoms with Crippen LogP contribution in [0.4, 0.5) is 4.79 Å². The van der Waals surface area contributed by atoms with Gasteiger partial charge in [-0.1, -0.05) is 23.9 Å². The van der Waals surface area contributed by atoms with E-state index in [4.69, 9.17) is 4.74 Å². The Hall–Kier alpha value is -1.82.